The van der Waals surface area contributed by atoms with Crippen molar-refractivity contribution < 1.29 is 9.72 Å². The van der Waals surface area contributed by atoms with Crippen LogP contribution in [0.1, 0.15) is 5.56 Å². The number of nitrogens with zero attached hydrogens (tertiary/aromatic N) is 2. The Kier molecular flexibility index (Phi) is 4.98. The monoisotopic (exact) mass is 393 g/mol. The highest BCUT2D eigenvalue weighted by Gasteiger charge is 2.10. The summed E-state index contributed by atoms with van der Waals surface area (Å²) < 4.78 is 0.760. The molecule has 1 amide bonds. The van der Waals surface area contributed by atoms with Gasteiger partial charge in [-0.25, -0.2) is 4.98 Å². The van der Waals surface area contributed by atoms with Crippen molar-refractivity contribution in [3.63, 3.8) is 0 Å². The lowest BCUT2D eigenvalue weighted by molar-refractivity contribution is -0.384. The number of non-ortho nitro benzene ring substituents is 1. The van der Waals surface area contributed by atoms with Crippen LogP contribution >= 0.6 is 34.5 Å². The molecule has 0 fully saturated rings. The van der Waals surface area contributed by atoms with Crippen molar-refractivity contribution in [1.29, 1.82) is 0 Å². The van der Waals surface area contributed by atoms with Crippen LogP contribution in [-0.2, 0) is 4.79 Å². The van der Waals surface area contributed by atoms with E-state index in [1.165, 1.54) is 35.6 Å². The summed E-state index contributed by atoms with van der Waals surface area (Å²) in [6, 6.07) is 9.27. The number of hydrogen-bond donors (Lipinski definition) is 1. The molecule has 6 nitrogen and oxygen atoms in total. The molecule has 0 radical (unpaired) electrons. The number of rotatable bonds is 4. The fraction of sp³-hybridized carbons (Fsp3) is 0. The molecule has 1 heterocycles. The minimum atomic E-state index is -0.493. The molecule has 0 aliphatic carbocycles. The van der Waals surface area contributed by atoms with Crippen molar-refractivity contribution in [2.24, 2.45) is 0 Å². The maximum Gasteiger partial charge on any atom is 0.270 e. The number of nitrogens with one attached hydrogen (secondary N) is 1. The van der Waals surface area contributed by atoms with Gasteiger partial charge in [0.2, 0.25) is 5.91 Å². The van der Waals surface area contributed by atoms with Gasteiger partial charge in [-0.05, 0) is 23.8 Å². The zero-order valence-corrected chi connectivity index (χ0v) is 14.7. The molecule has 2 aromatic carbocycles. The first-order valence-electron chi connectivity index (χ1n) is 6.91. The molecule has 9 heteroatoms. The molecule has 0 bridgehead atoms. The second-order valence-corrected chi connectivity index (χ2v) is 6.80. The number of carbonyl (C=O) groups excluding carboxylic acids is 1. The summed E-state index contributed by atoms with van der Waals surface area (Å²) in [5.74, 6) is -0.409. The number of anilines is 1. The van der Waals surface area contributed by atoms with E-state index in [1.54, 1.807) is 24.3 Å². The molecule has 126 valence electrons. The molecule has 0 unspecified atom stereocenters. The van der Waals surface area contributed by atoms with E-state index >= 15 is 0 Å². The van der Waals surface area contributed by atoms with Crippen molar-refractivity contribution in [1.82, 2.24) is 4.98 Å². The minimum absolute atomic E-state index is 0.0414. The van der Waals surface area contributed by atoms with Gasteiger partial charge in [0, 0.05) is 23.2 Å². The van der Waals surface area contributed by atoms with E-state index < -0.39 is 10.8 Å². The Labute approximate surface area is 155 Å². The van der Waals surface area contributed by atoms with Gasteiger partial charge in [-0.3, -0.25) is 20.2 Å². The number of benzene rings is 2. The average molecular weight is 394 g/mol. The van der Waals surface area contributed by atoms with E-state index in [1.807, 2.05) is 0 Å². The van der Waals surface area contributed by atoms with Crippen molar-refractivity contribution in [3.8, 4) is 0 Å². The summed E-state index contributed by atoms with van der Waals surface area (Å²) in [4.78, 5) is 26.5. The molecule has 0 atom stereocenters. The van der Waals surface area contributed by atoms with Gasteiger partial charge in [-0.2, -0.15) is 0 Å². The van der Waals surface area contributed by atoms with Crippen LogP contribution in [0.3, 0.4) is 0 Å². The molecule has 0 aliphatic rings. The molecule has 1 aromatic heterocycles. The van der Waals surface area contributed by atoms with E-state index in [4.69, 9.17) is 23.2 Å². The highest BCUT2D eigenvalue weighted by atomic mass is 35.5. The highest BCUT2D eigenvalue weighted by Crippen LogP contribution is 2.33. The van der Waals surface area contributed by atoms with Gasteiger partial charge in [-0.1, -0.05) is 46.7 Å². The fourth-order valence-electron chi connectivity index (χ4n) is 2.07. The SMILES string of the molecule is O=C(/C=C/c1cccc([N+](=O)[O-])c1)Nc1nc2c(Cl)cc(Cl)cc2s1. The Morgan fingerprint density at radius 2 is 2.08 bits per heavy atom. The molecule has 3 aromatic rings. The highest BCUT2D eigenvalue weighted by molar-refractivity contribution is 7.22. The molecule has 0 saturated carbocycles. The van der Waals surface area contributed by atoms with Crippen LogP contribution < -0.4 is 5.32 Å². The third-order valence-corrected chi connectivity index (χ3v) is 4.58. The molecular formula is C16H9Cl2N3O3S. The number of carbonyl (C=O) groups is 1. The van der Waals surface area contributed by atoms with Gasteiger partial charge in [-0.15, -0.1) is 0 Å². The summed E-state index contributed by atoms with van der Waals surface area (Å²) >= 11 is 13.3. The standard InChI is InChI=1S/C16H9Cl2N3O3S/c17-10-7-12(18)15-13(8-10)25-16(20-15)19-14(22)5-4-9-2-1-3-11(6-9)21(23)24/h1-8H,(H,19,20,22)/b5-4+. The number of nitro benzene ring substituents is 1. The van der Waals surface area contributed by atoms with Gasteiger partial charge >= 0.3 is 0 Å². The Morgan fingerprint density at radius 1 is 1.28 bits per heavy atom. The third-order valence-electron chi connectivity index (χ3n) is 3.15. The zero-order valence-electron chi connectivity index (χ0n) is 12.4. The molecule has 25 heavy (non-hydrogen) atoms. The van der Waals surface area contributed by atoms with E-state index in [2.05, 4.69) is 10.3 Å². The number of hydrogen-bond acceptors (Lipinski definition) is 5. The van der Waals surface area contributed by atoms with Crippen LogP contribution in [0.2, 0.25) is 10.0 Å². The first kappa shape index (κ1) is 17.3. The lowest BCUT2D eigenvalue weighted by Gasteiger charge is -1.96. The van der Waals surface area contributed by atoms with E-state index in [-0.39, 0.29) is 5.69 Å². The second-order valence-electron chi connectivity index (χ2n) is 4.93. The number of fused-ring (bicyclic) bond motifs is 1. The number of aromatic nitrogens is 1. The van der Waals surface area contributed by atoms with Crippen LogP contribution in [0.15, 0.2) is 42.5 Å². The first-order chi connectivity index (χ1) is 11.9. The predicted molar refractivity (Wildman–Crippen MR) is 100 cm³/mol. The maximum absolute atomic E-state index is 12.0. The van der Waals surface area contributed by atoms with Gasteiger partial charge in [0.25, 0.3) is 5.69 Å². The van der Waals surface area contributed by atoms with Crippen molar-refractivity contribution in [2.45, 2.75) is 0 Å². The summed E-state index contributed by atoms with van der Waals surface area (Å²) in [6.45, 7) is 0. The lowest BCUT2D eigenvalue weighted by atomic mass is 10.2. The maximum atomic E-state index is 12.0. The van der Waals surface area contributed by atoms with Gasteiger partial charge in [0.1, 0.15) is 5.52 Å². The Hall–Kier alpha value is -2.48. The third kappa shape index (κ3) is 4.14. The largest absolute Gasteiger partial charge is 0.298 e. The summed E-state index contributed by atoms with van der Waals surface area (Å²) in [7, 11) is 0. The van der Waals surface area contributed by atoms with Crippen molar-refractivity contribution in [3.05, 3.63) is 68.2 Å². The van der Waals surface area contributed by atoms with Crippen LogP contribution in [0, 0.1) is 10.1 Å². The summed E-state index contributed by atoms with van der Waals surface area (Å²) in [6.07, 6.45) is 2.76. The first-order valence-corrected chi connectivity index (χ1v) is 8.49. The molecule has 0 aliphatic heterocycles. The number of halogens is 2. The van der Waals surface area contributed by atoms with Crippen molar-refractivity contribution >= 4 is 67.6 Å². The number of amides is 1. The van der Waals surface area contributed by atoms with E-state index in [0.717, 1.165) is 4.70 Å². The van der Waals surface area contributed by atoms with E-state index in [0.29, 0.717) is 26.3 Å². The Bertz CT molecular complexity index is 1020. The normalized spacial score (nSPS) is 11.1. The molecule has 1 N–H and O–H groups in total. The van der Waals surface area contributed by atoms with Gasteiger partial charge < -0.3 is 0 Å². The van der Waals surface area contributed by atoms with Crippen LogP contribution in [0.25, 0.3) is 16.3 Å². The zero-order chi connectivity index (χ0) is 18.0. The predicted octanol–water partition coefficient (Wildman–Crippen LogP) is 5.16. The summed E-state index contributed by atoms with van der Waals surface area (Å²) in [5, 5.41) is 14.7. The molecule has 0 spiro atoms. The lowest BCUT2D eigenvalue weighted by Crippen LogP contribution is -2.07. The second kappa shape index (κ2) is 7.18. The molecule has 3 rings (SSSR count). The number of nitro groups is 1. The number of thiazole rings is 1. The van der Waals surface area contributed by atoms with Crippen LogP contribution in [0.5, 0.6) is 0 Å². The fourth-order valence-corrected chi connectivity index (χ4v) is 3.66. The van der Waals surface area contributed by atoms with Crippen LogP contribution in [-0.4, -0.2) is 15.8 Å². The quantitative estimate of drug-likeness (QED) is 0.376. The molecule has 0 saturated heterocycles. The average Bonchev–Trinajstić information content (AvgIpc) is 2.95. The Balaban J connectivity index is 1.75. The topological polar surface area (TPSA) is 85.1 Å². The smallest absolute Gasteiger partial charge is 0.270 e. The van der Waals surface area contributed by atoms with Crippen LogP contribution in [0.4, 0.5) is 10.8 Å². The van der Waals surface area contributed by atoms with Gasteiger partial charge in [0.15, 0.2) is 5.13 Å². The van der Waals surface area contributed by atoms with E-state index in [9.17, 15) is 14.9 Å². The van der Waals surface area contributed by atoms with Crippen molar-refractivity contribution in [2.75, 3.05) is 5.32 Å². The minimum Gasteiger partial charge on any atom is -0.298 e. The Morgan fingerprint density at radius 3 is 2.84 bits per heavy atom. The molecular weight excluding hydrogens is 385 g/mol. The summed E-state index contributed by atoms with van der Waals surface area (Å²) in [5.41, 5.74) is 1.07. The van der Waals surface area contributed by atoms with Gasteiger partial charge in [0.05, 0.1) is 14.6 Å².